The van der Waals surface area contributed by atoms with Crippen molar-refractivity contribution in [1.29, 1.82) is 0 Å². The second-order valence-electron chi connectivity index (χ2n) is 4.88. The summed E-state index contributed by atoms with van der Waals surface area (Å²) in [7, 11) is 0. The lowest BCUT2D eigenvalue weighted by Gasteiger charge is -2.09. The quantitative estimate of drug-likeness (QED) is 0.774. The highest BCUT2D eigenvalue weighted by Crippen LogP contribution is 2.16. The minimum atomic E-state index is -0.0551. The Morgan fingerprint density at radius 3 is 2.38 bits per heavy atom. The van der Waals surface area contributed by atoms with Crippen molar-refractivity contribution in [2.75, 3.05) is 0 Å². The fourth-order valence-electron chi connectivity index (χ4n) is 2.39. The van der Waals surface area contributed by atoms with E-state index in [1.165, 1.54) is 0 Å². The minimum Gasteiger partial charge on any atom is -0.328 e. The second kappa shape index (κ2) is 6.12. The van der Waals surface area contributed by atoms with Crippen LogP contribution in [0.3, 0.4) is 0 Å². The number of halogens is 1. The molecule has 0 bridgehead atoms. The average molecular weight is 299 g/mol. The monoisotopic (exact) mass is 298 g/mol. The molecule has 106 valence electrons. The maximum Gasteiger partial charge on any atom is 0.255 e. The van der Waals surface area contributed by atoms with Gasteiger partial charge in [0.1, 0.15) is 0 Å². The van der Waals surface area contributed by atoms with Gasteiger partial charge in [0.05, 0.1) is 0 Å². The molecule has 2 aromatic carbocycles. The summed E-state index contributed by atoms with van der Waals surface area (Å²) in [5.74, 6) is 0. The fourth-order valence-corrected chi connectivity index (χ4v) is 2.59. The molecule has 3 rings (SSSR count). The molecule has 0 aliphatic rings. The van der Waals surface area contributed by atoms with Crippen molar-refractivity contribution in [2.45, 2.75) is 13.1 Å². The summed E-state index contributed by atoms with van der Waals surface area (Å²) in [6.07, 6.45) is 1.77. The van der Waals surface area contributed by atoms with E-state index in [0.29, 0.717) is 13.1 Å². The predicted octanol–water partition coefficient (Wildman–Crippen LogP) is 3.47. The zero-order valence-electron chi connectivity index (χ0n) is 11.4. The lowest BCUT2D eigenvalue weighted by atomic mass is 10.1. The van der Waals surface area contributed by atoms with Gasteiger partial charge in [-0.05, 0) is 28.6 Å². The third kappa shape index (κ3) is 2.99. The SMILES string of the molecule is O=c1[nH]cc(CNCc2ccccc2Cl)c2ccccc12. The molecule has 0 fully saturated rings. The van der Waals surface area contributed by atoms with Crippen LogP contribution in [0, 0.1) is 0 Å². The fraction of sp³-hybridized carbons (Fsp3) is 0.118. The van der Waals surface area contributed by atoms with Crippen LogP contribution in [0.1, 0.15) is 11.1 Å². The Morgan fingerprint density at radius 2 is 1.57 bits per heavy atom. The van der Waals surface area contributed by atoms with E-state index < -0.39 is 0 Å². The summed E-state index contributed by atoms with van der Waals surface area (Å²) in [4.78, 5) is 14.6. The second-order valence-corrected chi connectivity index (χ2v) is 5.29. The van der Waals surface area contributed by atoms with Crippen LogP contribution in [-0.2, 0) is 13.1 Å². The lowest BCUT2D eigenvalue weighted by Crippen LogP contribution is -2.15. The summed E-state index contributed by atoms with van der Waals surface area (Å²) >= 11 is 6.13. The van der Waals surface area contributed by atoms with Crippen LogP contribution < -0.4 is 10.9 Å². The molecule has 21 heavy (non-hydrogen) atoms. The zero-order valence-corrected chi connectivity index (χ0v) is 12.2. The van der Waals surface area contributed by atoms with E-state index in [9.17, 15) is 4.79 Å². The third-order valence-corrected chi connectivity index (χ3v) is 3.85. The number of aromatic amines is 1. The number of benzene rings is 2. The van der Waals surface area contributed by atoms with E-state index in [0.717, 1.165) is 26.9 Å². The van der Waals surface area contributed by atoms with Crippen LogP contribution in [0.2, 0.25) is 5.02 Å². The predicted molar refractivity (Wildman–Crippen MR) is 86.6 cm³/mol. The van der Waals surface area contributed by atoms with E-state index >= 15 is 0 Å². The molecule has 2 N–H and O–H groups in total. The van der Waals surface area contributed by atoms with Crippen molar-refractivity contribution < 1.29 is 0 Å². The number of nitrogens with one attached hydrogen (secondary N) is 2. The molecule has 1 aromatic heterocycles. The van der Waals surface area contributed by atoms with Gasteiger partial charge in [0.15, 0.2) is 0 Å². The van der Waals surface area contributed by atoms with Crippen LogP contribution in [0.5, 0.6) is 0 Å². The van der Waals surface area contributed by atoms with Gasteiger partial charge in [-0.3, -0.25) is 4.79 Å². The first-order valence-electron chi connectivity index (χ1n) is 6.79. The topological polar surface area (TPSA) is 44.9 Å². The molecule has 0 unspecified atom stereocenters. The van der Waals surface area contributed by atoms with E-state index in [2.05, 4.69) is 10.3 Å². The summed E-state index contributed by atoms with van der Waals surface area (Å²) in [6, 6.07) is 15.4. The molecule has 0 saturated carbocycles. The molecule has 0 saturated heterocycles. The maximum atomic E-state index is 11.8. The molecule has 1 heterocycles. The largest absolute Gasteiger partial charge is 0.328 e. The Bertz CT molecular complexity index is 826. The first-order chi connectivity index (χ1) is 10.3. The van der Waals surface area contributed by atoms with Gasteiger partial charge in [-0.25, -0.2) is 0 Å². The van der Waals surface area contributed by atoms with E-state index in [-0.39, 0.29) is 5.56 Å². The van der Waals surface area contributed by atoms with Crippen molar-refractivity contribution in [1.82, 2.24) is 10.3 Å². The molecule has 0 aliphatic carbocycles. The van der Waals surface area contributed by atoms with Gasteiger partial charge < -0.3 is 10.3 Å². The van der Waals surface area contributed by atoms with Crippen LogP contribution in [-0.4, -0.2) is 4.98 Å². The van der Waals surface area contributed by atoms with E-state index in [4.69, 9.17) is 11.6 Å². The first kappa shape index (κ1) is 13.9. The van der Waals surface area contributed by atoms with Crippen molar-refractivity contribution in [3.63, 3.8) is 0 Å². The van der Waals surface area contributed by atoms with Crippen molar-refractivity contribution in [3.8, 4) is 0 Å². The lowest BCUT2D eigenvalue weighted by molar-refractivity contribution is 0.695. The Kier molecular flexibility index (Phi) is 4.04. The van der Waals surface area contributed by atoms with Gasteiger partial charge >= 0.3 is 0 Å². The third-order valence-electron chi connectivity index (χ3n) is 3.48. The molecule has 0 amide bonds. The van der Waals surface area contributed by atoms with Gasteiger partial charge in [0.2, 0.25) is 0 Å². The van der Waals surface area contributed by atoms with Crippen LogP contribution in [0.25, 0.3) is 10.8 Å². The number of hydrogen-bond donors (Lipinski definition) is 2. The minimum absolute atomic E-state index is 0.0551. The highest BCUT2D eigenvalue weighted by atomic mass is 35.5. The molecule has 3 nitrogen and oxygen atoms in total. The van der Waals surface area contributed by atoms with Crippen LogP contribution in [0.4, 0.5) is 0 Å². The van der Waals surface area contributed by atoms with Crippen molar-refractivity contribution in [3.05, 3.63) is 81.2 Å². The molecular weight excluding hydrogens is 284 g/mol. The van der Waals surface area contributed by atoms with Gasteiger partial charge in [-0.2, -0.15) is 0 Å². The number of fused-ring (bicyclic) bond motifs is 1. The molecular formula is C17H15ClN2O. The molecule has 0 aliphatic heterocycles. The molecule has 4 heteroatoms. The Hall–Kier alpha value is -2.10. The number of H-pyrrole nitrogens is 1. The van der Waals surface area contributed by atoms with E-state index in [1.807, 2.05) is 48.5 Å². The number of rotatable bonds is 4. The Morgan fingerprint density at radius 1 is 0.905 bits per heavy atom. The van der Waals surface area contributed by atoms with Gasteiger partial charge in [0, 0.05) is 29.7 Å². The molecule has 3 aromatic rings. The Balaban J connectivity index is 1.79. The highest BCUT2D eigenvalue weighted by molar-refractivity contribution is 6.31. The van der Waals surface area contributed by atoms with Gasteiger partial charge in [0.25, 0.3) is 5.56 Å². The summed E-state index contributed by atoms with van der Waals surface area (Å²) < 4.78 is 0. The molecule has 0 atom stereocenters. The van der Waals surface area contributed by atoms with Crippen LogP contribution in [0.15, 0.2) is 59.5 Å². The van der Waals surface area contributed by atoms with Crippen molar-refractivity contribution >= 4 is 22.4 Å². The molecule has 0 radical (unpaired) electrons. The van der Waals surface area contributed by atoms with Gasteiger partial charge in [-0.1, -0.05) is 48.0 Å². The first-order valence-corrected chi connectivity index (χ1v) is 7.17. The molecule has 0 spiro atoms. The number of pyridine rings is 1. The highest BCUT2D eigenvalue weighted by Gasteiger charge is 2.04. The van der Waals surface area contributed by atoms with Gasteiger partial charge in [-0.15, -0.1) is 0 Å². The van der Waals surface area contributed by atoms with E-state index in [1.54, 1.807) is 6.20 Å². The normalized spacial score (nSPS) is 10.9. The Labute approximate surface area is 127 Å². The maximum absolute atomic E-state index is 11.8. The van der Waals surface area contributed by atoms with Crippen molar-refractivity contribution in [2.24, 2.45) is 0 Å². The summed E-state index contributed by atoms with van der Waals surface area (Å²) in [5, 5.41) is 5.82. The standard InChI is InChI=1S/C17H15ClN2O/c18-16-8-4-1-5-12(16)9-19-10-13-11-20-17(21)15-7-3-2-6-14(13)15/h1-8,11,19H,9-10H2,(H,20,21). The number of aromatic nitrogens is 1. The smallest absolute Gasteiger partial charge is 0.255 e. The summed E-state index contributed by atoms with van der Waals surface area (Å²) in [6.45, 7) is 1.36. The summed E-state index contributed by atoms with van der Waals surface area (Å²) in [5.41, 5.74) is 2.07. The number of hydrogen-bond acceptors (Lipinski definition) is 2. The average Bonchev–Trinajstić information content (AvgIpc) is 2.52. The zero-order chi connectivity index (χ0) is 14.7. The van der Waals surface area contributed by atoms with Crippen LogP contribution >= 0.6 is 11.6 Å².